The van der Waals surface area contributed by atoms with Crippen LogP contribution in [0, 0.1) is 6.92 Å². The number of rotatable bonds is 1. The van der Waals surface area contributed by atoms with Crippen LogP contribution < -0.4 is 5.43 Å². The highest BCUT2D eigenvalue weighted by atomic mass is 35.5. The lowest BCUT2D eigenvalue weighted by Crippen LogP contribution is -2.05. The second-order valence-electron chi connectivity index (χ2n) is 4.61. The quantitative estimate of drug-likeness (QED) is 0.790. The molecule has 1 aliphatic heterocycles. The number of hydrogen-bond acceptors (Lipinski definition) is 3. The van der Waals surface area contributed by atoms with E-state index in [0.29, 0.717) is 21.8 Å². The highest BCUT2D eigenvalue weighted by Gasteiger charge is 2.21. The van der Waals surface area contributed by atoms with Gasteiger partial charge in [-0.2, -0.15) is 0 Å². The summed E-state index contributed by atoms with van der Waals surface area (Å²) in [6.45, 7) is 2.62. The van der Waals surface area contributed by atoms with Gasteiger partial charge in [-0.1, -0.05) is 11.6 Å². The molecular weight excluding hydrogens is 252 g/mol. The second kappa shape index (κ2) is 4.41. The molecular formula is C14H13ClO3. The average Bonchev–Trinajstić information content (AvgIpc) is 2.85. The Kier molecular flexibility index (Phi) is 2.88. The maximum absolute atomic E-state index is 12.0. The molecule has 1 fully saturated rings. The first-order valence-corrected chi connectivity index (χ1v) is 6.38. The van der Waals surface area contributed by atoms with Crippen LogP contribution in [0.15, 0.2) is 27.4 Å². The van der Waals surface area contributed by atoms with Gasteiger partial charge in [0.25, 0.3) is 0 Å². The SMILES string of the molecule is Cc1cc2oc(C3CCCO3)cc(=O)c2cc1Cl. The fraction of sp³-hybridized carbons (Fsp3) is 0.357. The molecule has 0 N–H and O–H groups in total. The van der Waals surface area contributed by atoms with Gasteiger partial charge >= 0.3 is 0 Å². The fourth-order valence-corrected chi connectivity index (χ4v) is 2.42. The van der Waals surface area contributed by atoms with Crippen molar-refractivity contribution in [1.29, 1.82) is 0 Å². The van der Waals surface area contributed by atoms with Gasteiger partial charge in [0.05, 0.1) is 5.39 Å². The molecule has 1 aliphatic rings. The lowest BCUT2D eigenvalue weighted by atomic mass is 10.1. The Bertz CT molecular complexity index is 654. The van der Waals surface area contributed by atoms with E-state index in [-0.39, 0.29) is 11.5 Å². The van der Waals surface area contributed by atoms with Crippen molar-refractivity contribution >= 4 is 22.6 Å². The minimum atomic E-state index is -0.0851. The molecule has 0 bridgehead atoms. The van der Waals surface area contributed by atoms with Crippen molar-refractivity contribution in [3.8, 4) is 0 Å². The van der Waals surface area contributed by atoms with Crippen molar-refractivity contribution in [2.45, 2.75) is 25.9 Å². The zero-order valence-corrected chi connectivity index (χ0v) is 10.8. The standard InChI is InChI=1S/C14H13ClO3/c1-8-5-13-9(6-10(8)15)11(16)7-14(18-13)12-3-2-4-17-12/h5-7,12H,2-4H2,1H3. The highest BCUT2D eigenvalue weighted by Crippen LogP contribution is 2.30. The summed E-state index contributed by atoms with van der Waals surface area (Å²) in [6, 6.07) is 4.98. The lowest BCUT2D eigenvalue weighted by molar-refractivity contribution is 0.0940. The monoisotopic (exact) mass is 264 g/mol. The third-order valence-electron chi connectivity index (χ3n) is 3.27. The van der Waals surface area contributed by atoms with Crippen LogP contribution in [0.4, 0.5) is 0 Å². The molecule has 94 valence electrons. The smallest absolute Gasteiger partial charge is 0.193 e. The fourth-order valence-electron chi connectivity index (χ4n) is 2.26. The average molecular weight is 265 g/mol. The molecule has 4 heteroatoms. The Morgan fingerprint density at radius 1 is 1.33 bits per heavy atom. The van der Waals surface area contributed by atoms with Gasteiger partial charge < -0.3 is 9.15 Å². The van der Waals surface area contributed by atoms with Crippen LogP contribution >= 0.6 is 11.6 Å². The molecule has 1 aromatic heterocycles. The van der Waals surface area contributed by atoms with Gasteiger partial charge in [-0.05, 0) is 37.5 Å². The van der Waals surface area contributed by atoms with Crippen LogP contribution in [0.1, 0.15) is 30.3 Å². The van der Waals surface area contributed by atoms with E-state index in [1.165, 1.54) is 6.07 Å². The highest BCUT2D eigenvalue weighted by molar-refractivity contribution is 6.32. The van der Waals surface area contributed by atoms with Crippen molar-refractivity contribution in [2.75, 3.05) is 6.61 Å². The van der Waals surface area contributed by atoms with Crippen LogP contribution in [0.2, 0.25) is 5.02 Å². The van der Waals surface area contributed by atoms with E-state index in [4.69, 9.17) is 20.8 Å². The lowest BCUT2D eigenvalue weighted by Gasteiger charge is -2.09. The molecule has 0 aliphatic carbocycles. The van der Waals surface area contributed by atoms with Gasteiger partial charge in [-0.25, -0.2) is 0 Å². The molecule has 0 saturated carbocycles. The zero-order valence-electron chi connectivity index (χ0n) is 10.0. The van der Waals surface area contributed by atoms with Crippen LogP contribution in [-0.2, 0) is 4.74 Å². The minimum Gasteiger partial charge on any atom is -0.458 e. The normalized spacial score (nSPS) is 19.6. The van der Waals surface area contributed by atoms with Gasteiger partial charge in [0, 0.05) is 17.7 Å². The van der Waals surface area contributed by atoms with Crippen molar-refractivity contribution in [1.82, 2.24) is 0 Å². The molecule has 3 nitrogen and oxygen atoms in total. The van der Waals surface area contributed by atoms with Gasteiger partial charge in [0.1, 0.15) is 17.4 Å². The molecule has 0 spiro atoms. The first-order valence-electron chi connectivity index (χ1n) is 6.00. The van der Waals surface area contributed by atoms with Crippen molar-refractivity contribution < 1.29 is 9.15 Å². The zero-order chi connectivity index (χ0) is 12.7. The van der Waals surface area contributed by atoms with Crippen LogP contribution in [0.25, 0.3) is 11.0 Å². The number of halogens is 1. The summed E-state index contributed by atoms with van der Waals surface area (Å²) in [5.74, 6) is 0.617. The number of ether oxygens (including phenoxy) is 1. The van der Waals surface area contributed by atoms with Gasteiger partial charge in [-0.3, -0.25) is 4.79 Å². The summed E-state index contributed by atoms with van der Waals surface area (Å²) < 4.78 is 11.3. The number of benzene rings is 1. The molecule has 1 aromatic carbocycles. The van der Waals surface area contributed by atoms with Crippen LogP contribution in [-0.4, -0.2) is 6.61 Å². The third kappa shape index (κ3) is 1.93. The third-order valence-corrected chi connectivity index (χ3v) is 3.68. The topological polar surface area (TPSA) is 39.4 Å². The molecule has 3 rings (SSSR count). The molecule has 2 heterocycles. The van der Waals surface area contributed by atoms with E-state index < -0.39 is 0 Å². The Morgan fingerprint density at radius 3 is 2.89 bits per heavy atom. The molecule has 1 unspecified atom stereocenters. The van der Waals surface area contributed by atoms with Gasteiger partial charge in [-0.15, -0.1) is 0 Å². The van der Waals surface area contributed by atoms with E-state index >= 15 is 0 Å². The number of aryl methyl sites for hydroxylation is 1. The maximum atomic E-state index is 12.0. The van der Waals surface area contributed by atoms with E-state index in [9.17, 15) is 4.79 Å². The molecule has 2 aromatic rings. The molecule has 0 amide bonds. The summed E-state index contributed by atoms with van der Waals surface area (Å²) >= 11 is 6.02. The number of fused-ring (bicyclic) bond motifs is 1. The first-order chi connectivity index (χ1) is 8.65. The molecule has 0 radical (unpaired) electrons. The Morgan fingerprint density at radius 2 is 2.17 bits per heavy atom. The van der Waals surface area contributed by atoms with Crippen molar-refractivity contribution in [2.24, 2.45) is 0 Å². The number of hydrogen-bond donors (Lipinski definition) is 0. The van der Waals surface area contributed by atoms with Crippen LogP contribution in [0.5, 0.6) is 0 Å². The molecule has 1 atom stereocenters. The largest absolute Gasteiger partial charge is 0.458 e. The first kappa shape index (κ1) is 11.8. The summed E-state index contributed by atoms with van der Waals surface area (Å²) in [5, 5.41) is 1.10. The Balaban J connectivity index is 2.20. The Hall–Kier alpha value is -1.32. The van der Waals surface area contributed by atoms with E-state index in [2.05, 4.69) is 0 Å². The van der Waals surface area contributed by atoms with E-state index in [1.807, 2.05) is 6.92 Å². The summed E-state index contributed by atoms with van der Waals surface area (Å²) in [5.41, 5.74) is 1.41. The van der Waals surface area contributed by atoms with E-state index in [0.717, 1.165) is 25.0 Å². The van der Waals surface area contributed by atoms with Crippen molar-refractivity contribution in [3.05, 3.63) is 44.8 Å². The summed E-state index contributed by atoms with van der Waals surface area (Å²) in [6.07, 6.45) is 1.82. The molecule has 18 heavy (non-hydrogen) atoms. The molecule has 1 saturated heterocycles. The van der Waals surface area contributed by atoms with Crippen LogP contribution in [0.3, 0.4) is 0 Å². The van der Waals surface area contributed by atoms with Gasteiger partial charge in [0.15, 0.2) is 5.43 Å². The van der Waals surface area contributed by atoms with Crippen molar-refractivity contribution in [3.63, 3.8) is 0 Å². The summed E-state index contributed by atoms with van der Waals surface area (Å²) in [7, 11) is 0. The Labute approximate surface area is 109 Å². The predicted octanol–water partition coefficient (Wildman–Crippen LogP) is 3.61. The predicted molar refractivity (Wildman–Crippen MR) is 70.2 cm³/mol. The van der Waals surface area contributed by atoms with E-state index in [1.54, 1.807) is 12.1 Å². The second-order valence-corrected chi connectivity index (χ2v) is 5.02. The maximum Gasteiger partial charge on any atom is 0.193 e. The van der Waals surface area contributed by atoms with Gasteiger partial charge in [0.2, 0.25) is 0 Å². The summed E-state index contributed by atoms with van der Waals surface area (Å²) in [4.78, 5) is 12.0. The minimum absolute atomic E-state index is 0.0661.